The number of fused-ring (bicyclic) bond motifs is 1. The Kier molecular flexibility index (Phi) is 5.80. The topological polar surface area (TPSA) is 62.6 Å². The minimum atomic E-state index is -0.299. The van der Waals surface area contributed by atoms with E-state index in [1.165, 1.54) is 11.1 Å². The van der Waals surface area contributed by atoms with E-state index in [-0.39, 0.29) is 23.0 Å². The van der Waals surface area contributed by atoms with E-state index < -0.39 is 0 Å². The Morgan fingerprint density at radius 3 is 2.57 bits per heavy atom. The third kappa shape index (κ3) is 4.20. The summed E-state index contributed by atoms with van der Waals surface area (Å²) in [7, 11) is 0. The van der Waals surface area contributed by atoms with Crippen LogP contribution in [0.15, 0.2) is 22.8 Å². The zero-order valence-corrected chi connectivity index (χ0v) is 19.2. The van der Waals surface area contributed by atoms with Crippen LogP contribution in [-0.2, 0) is 12.8 Å². The second-order valence-corrected chi connectivity index (χ2v) is 11.0. The largest absolute Gasteiger partial charge is 0.459 e. The van der Waals surface area contributed by atoms with Crippen LogP contribution in [0.4, 0.5) is 5.00 Å². The average Bonchev–Trinajstić information content (AvgIpc) is 3.34. The SMILES string of the molecule is CC1CCN(C(=O)c2c(NC(=O)c3ccco3)sc3c2CCC(C(C)(C)C)C3)CC1. The number of carbonyl (C=O) groups excluding carboxylic acids is 2. The molecule has 2 aliphatic rings. The first kappa shape index (κ1) is 21.2. The molecule has 1 aliphatic carbocycles. The van der Waals surface area contributed by atoms with Gasteiger partial charge in [-0.15, -0.1) is 11.3 Å². The first-order valence-electron chi connectivity index (χ1n) is 11.0. The van der Waals surface area contributed by atoms with Crippen LogP contribution in [-0.4, -0.2) is 29.8 Å². The lowest BCUT2D eigenvalue weighted by molar-refractivity contribution is 0.0697. The molecule has 2 aromatic heterocycles. The van der Waals surface area contributed by atoms with Gasteiger partial charge in [0.15, 0.2) is 5.76 Å². The fourth-order valence-electron chi connectivity index (χ4n) is 4.58. The Hall–Kier alpha value is -2.08. The van der Waals surface area contributed by atoms with Crippen molar-refractivity contribution < 1.29 is 14.0 Å². The van der Waals surface area contributed by atoms with Gasteiger partial charge in [-0.05, 0) is 67.1 Å². The Balaban J connectivity index is 1.66. The van der Waals surface area contributed by atoms with Crippen molar-refractivity contribution >= 4 is 28.2 Å². The van der Waals surface area contributed by atoms with Gasteiger partial charge in [-0.1, -0.05) is 27.7 Å². The number of hydrogen-bond acceptors (Lipinski definition) is 4. The lowest BCUT2D eigenvalue weighted by Crippen LogP contribution is -2.38. The summed E-state index contributed by atoms with van der Waals surface area (Å²) < 4.78 is 5.26. The molecule has 6 heteroatoms. The molecule has 1 unspecified atom stereocenters. The molecule has 1 fully saturated rings. The number of furan rings is 1. The van der Waals surface area contributed by atoms with Crippen LogP contribution in [0.1, 0.15) is 78.3 Å². The fourth-order valence-corrected chi connectivity index (χ4v) is 5.90. The zero-order chi connectivity index (χ0) is 21.5. The minimum absolute atomic E-state index is 0.0725. The molecular weight excluding hydrogens is 396 g/mol. The maximum absolute atomic E-state index is 13.6. The molecule has 162 valence electrons. The van der Waals surface area contributed by atoms with Crippen molar-refractivity contribution in [2.75, 3.05) is 18.4 Å². The van der Waals surface area contributed by atoms with E-state index in [9.17, 15) is 9.59 Å². The number of amides is 2. The van der Waals surface area contributed by atoms with E-state index >= 15 is 0 Å². The van der Waals surface area contributed by atoms with Crippen LogP contribution >= 0.6 is 11.3 Å². The van der Waals surface area contributed by atoms with Crippen LogP contribution in [0.2, 0.25) is 0 Å². The predicted molar refractivity (Wildman–Crippen MR) is 120 cm³/mol. The van der Waals surface area contributed by atoms with Crippen molar-refractivity contribution in [2.24, 2.45) is 17.3 Å². The lowest BCUT2D eigenvalue weighted by Gasteiger charge is -2.34. The van der Waals surface area contributed by atoms with E-state index in [0.717, 1.165) is 56.3 Å². The van der Waals surface area contributed by atoms with Gasteiger partial charge in [0, 0.05) is 18.0 Å². The van der Waals surface area contributed by atoms with Gasteiger partial charge >= 0.3 is 0 Å². The van der Waals surface area contributed by atoms with Crippen molar-refractivity contribution in [3.8, 4) is 0 Å². The van der Waals surface area contributed by atoms with Gasteiger partial charge in [0.05, 0.1) is 11.8 Å². The van der Waals surface area contributed by atoms with Gasteiger partial charge in [0.25, 0.3) is 11.8 Å². The average molecular weight is 429 g/mol. The summed E-state index contributed by atoms with van der Waals surface area (Å²) in [5.74, 6) is 1.28. The molecule has 1 aliphatic heterocycles. The van der Waals surface area contributed by atoms with Gasteiger partial charge in [-0.3, -0.25) is 9.59 Å². The summed E-state index contributed by atoms with van der Waals surface area (Å²) in [6.07, 6.45) is 6.52. The number of piperidine rings is 1. The van der Waals surface area contributed by atoms with E-state index in [1.54, 1.807) is 23.5 Å². The minimum Gasteiger partial charge on any atom is -0.459 e. The molecular formula is C24H32N2O3S. The Bertz CT molecular complexity index is 915. The second kappa shape index (κ2) is 8.22. The molecule has 1 N–H and O–H groups in total. The molecule has 0 radical (unpaired) electrons. The first-order chi connectivity index (χ1) is 14.2. The Morgan fingerprint density at radius 1 is 1.20 bits per heavy atom. The van der Waals surface area contributed by atoms with E-state index in [1.807, 2.05) is 4.90 Å². The standard InChI is InChI=1S/C24H32N2O3S/c1-15-9-11-26(12-10-15)23(28)20-17-8-7-16(24(2,3)4)14-19(17)30-22(20)25-21(27)18-6-5-13-29-18/h5-6,13,15-16H,7-12,14H2,1-4H3,(H,25,27). The number of likely N-dealkylation sites (tertiary alicyclic amines) is 1. The Morgan fingerprint density at radius 2 is 1.93 bits per heavy atom. The quantitative estimate of drug-likeness (QED) is 0.690. The van der Waals surface area contributed by atoms with Crippen LogP contribution in [0.3, 0.4) is 0 Å². The third-order valence-electron chi connectivity index (χ3n) is 6.75. The molecule has 2 aromatic rings. The first-order valence-corrected chi connectivity index (χ1v) is 11.8. The summed E-state index contributed by atoms with van der Waals surface area (Å²) in [6, 6.07) is 3.34. The molecule has 4 rings (SSSR count). The maximum atomic E-state index is 13.6. The number of rotatable bonds is 3. The molecule has 1 saturated heterocycles. The summed E-state index contributed by atoms with van der Waals surface area (Å²) >= 11 is 1.58. The van der Waals surface area contributed by atoms with Crippen LogP contribution in [0.25, 0.3) is 0 Å². The Labute approximate surface area is 182 Å². The van der Waals surface area contributed by atoms with Gasteiger partial charge in [-0.2, -0.15) is 0 Å². The zero-order valence-electron chi connectivity index (χ0n) is 18.4. The molecule has 3 heterocycles. The molecule has 5 nitrogen and oxygen atoms in total. The highest BCUT2D eigenvalue weighted by Gasteiger charge is 2.35. The number of nitrogens with one attached hydrogen (secondary N) is 1. The summed E-state index contributed by atoms with van der Waals surface area (Å²) in [4.78, 5) is 29.5. The van der Waals surface area contributed by atoms with E-state index in [0.29, 0.717) is 16.8 Å². The normalized spacial score (nSPS) is 20.1. The van der Waals surface area contributed by atoms with Gasteiger partial charge < -0.3 is 14.6 Å². The predicted octanol–water partition coefficient (Wildman–Crippen LogP) is 5.62. The van der Waals surface area contributed by atoms with E-state index in [2.05, 4.69) is 33.0 Å². The van der Waals surface area contributed by atoms with Gasteiger partial charge in [-0.25, -0.2) is 0 Å². The van der Waals surface area contributed by atoms with Crippen molar-refractivity contribution in [1.82, 2.24) is 4.90 Å². The van der Waals surface area contributed by atoms with Crippen molar-refractivity contribution in [2.45, 2.75) is 59.8 Å². The van der Waals surface area contributed by atoms with Crippen molar-refractivity contribution in [1.29, 1.82) is 0 Å². The summed E-state index contributed by atoms with van der Waals surface area (Å²) in [5.41, 5.74) is 2.10. The molecule has 30 heavy (non-hydrogen) atoms. The summed E-state index contributed by atoms with van der Waals surface area (Å²) in [6.45, 7) is 10.7. The van der Waals surface area contributed by atoms with Crippen LogP contribution in [0.5, 0.6) is 0 Å². The molecule has 0 bridgehead atoms. The number of hydrogen-bond donors (Lipinski definition) is 1. The van der Waals surface area contributed by atoms with Crippen molar-refractivity contribution in [3.05, 3.63) is 40.2 Å². The lowest BCUT2D eigenvalue weighted by atomic mass is 9.72. The smallest absolute Gasteiger partial charge is 0.291 e. The highest BCUT2D eigenvalue weighted by molar-refractivity contribution is 7.17. The van der Waals surface area contributed by atoms with E-state index in [4.69, 9.17) is 4.42 Å². The number of nitrogens with zero attached hydrogens (tertiary/aromatic N) is 1. The third-order valence-corrected chi connectivity index (χ3v) is 7.92. The molecule has 2 amide bonds. The molecule has 1 atom stereocenters. The fraction of sp³-hybridized carbons (Fsp3) is 0.583. The summed E-state index contributed by atoms with van der Waals surface area (Å²) in [5, 5.41) is 3.67. The van der Waals surface area contributed by atoms with Crippen LogP contribution < -0.4 is 5.32 Å². The van der Waals surface area contributed by atoms with Crippen LogP contribution in [0, 0.1) is 17.3 Å². The number of carbonyl (C=O) groups is 2. The maximum Gasteiger partial charge on any atom is 0.291 e. The molecule has 0 saturated carbocycles. The second-order valence-electron chi connectivity index (χ2n) is 9.92. The van der Waals surface area contributed by atoms with Crippen molar-refractivity contribution in [3.63, 3.8) is 0 Å². The highest BCUT2D eigenvalue weighted by Crippen LogP contribution is 2.45. The molecule has 0 aromatic carbocycles. The van der Waals surface area contributed by atoms with Gasteiger partial charge in [0.2, 0.25) is 0 Å². The van der Waals surface area contributed by atoms with Gasteiger partial charge in [0.1, 0.15) is 5.00 Å². The highest BCUT2D eigenvalue weighted by atomic mass is 32.1. The molecule has 0 spiro atoms. The number of thiophene rings is 1. The monoisotopic (exact) mass is 428 g/mol. The number of anilines is 1.